The molecule has 0 saturated carbocycles. The van der Waals surface area contributed by atoms with Gasteiger partial charge < -0.3 is 9.47 Å². The molecule has 0 saturated heterocycles. The van der Waals surface area contributed by atoms with Crippen LogP contribution in [0.5, 0.6) is 11.5 Å². The van der Waals surface area contributed by atoms with Crippen LogP contribution in [-0.4, -0.2) is 24.1 Å². The smallest absolute Gasteiger partial charge is 0.347 e. The average molecular weight is 437 g/mol. The van der Waals surface area contributed by atoms with Crippen LogP contribution in [0.15, 0.2) is 77.9 Å². The summed E-state index contributed by atoms with van der Waals surface area (Å²) < 4.78 is 10.4. The molecular formula is C23H17ClN2O5. The third kappa shape index (κ3) is 6.25. The summed E-state index contributed by atoms with van der Waals surface area (Å²) in [5.41, 5.74) is 3.66. The van der Waals surface area contributed by atoms with E-state index in [0.717, 1.165) is 0 Å². The monoisotopic (exact) mass is 436 g/mol. The topological polar surface area (TPSA) is 94.1 Å². The zero-order chi connectivity index (χ0) is 22.2. The molecule has 8 heteroatoms. The fraction of sp³-hybridized carbons (Fsp3) is 0.0435. The molecule has 0 aliphatic heterocycles. The van der Waals surface area contributed by atoms with Crippen molar-refractivity contribution in [2.24, 2.45) is 5.10 Å². The highest BCUT2D eigenvalue weighted by molar-refractivity contribution is 6.30. The number of carbonyl (C=O) groups is 3. The summed E-state index contributed by atoms with van der Waals surface area (Å²) in [7, 11) is 0. The Morgan fingerprint density at radius 1 is 0.903 bits per heavy atom. The van der Waals surface area contributed by atoms with E-state index in [9.17, 15) is 14.4 Å². The molecule has 0 aliphatic carbocycles. The number of ether oxygens (including phenoxy) is 2. The largest absolute Gasteiger partial charge is 0.426 e. The minimum absolute atomic E-state index is 0.125. The van der Waals surface area contributed by atoms with Crippen LogP contribution in [0.1, 0.15) is 33.2 Å². The molecule has 0 bridgehead atoms. The highest BCUT2D eigenvalue weighted by Gasteiger charge is 2.15. The number of carbonyl (C=O) groups excluding carboxylic acids is 3. The predicted molar refractivity (Wildman–Crippen MR) is 116 cm³/mol. The van der Waals surface area contributed by atoms with Gasteiger partial charge in [0.25, 0.3) is 5.91 Å². The minimum atomic E-state index is -0.659. The van der Waals surface area contributed by atoms with Crippen LogP contribution in [0.4, 0.5) is 0 Å². The number of esters is 2. The molecule has 3 aromatic carbocycles. The van der Waals surface area contributed by atoms with E-state index in [0.29, 0.717) is 21.9 Å². The average Bonchev–Trinajstić information content (AvgIpc) is 2.75. The maximum Gasteiger partial charge on any atom is 0.347 e. The SMILES string of the molecule is CC(=O)Oc1ccccc1C(=O)Oc1ccc(C=NNC(=O)c2ccc(Cl)cc2)cc1. The molecule has 3 aromatic rings. The van der Waals surface area contributed by atoms with E-state index < -0.39 is 11.9 Å². The normalized spacial score (nSPS) is 10.5. The molecule has 31 heavy (non-hydrogen) atoms. The lowest BCUT2D eigenvalue weighted by Crippen LogP contribution is -2.17. The predicted octanol–water partition coefficient (Wildman–Crippen LogP) is 4.25. The number of amides is 1. The standard InChI is InChI=1S/C23H17ClN2O5/c1-15(27)30-21-5-3-2-4-20(21)23(29)31-19-12-6-16(7-13-19)14-25-26-22(28)17-8-10-18(24)11-9-17/h2-14H,1H3,(H,26,28). The molecule has 0 radical (unpaired) electrons. The number of hydrazone groups is 1. The van der Waals surface area contributed by atoms with E-state index in [1.165, 1.54) is 25.3 Å². The van der Waals surface area contributed by atoms with Crippen LogP contribution in [-0.2, 0) is 4.79 Å². The number of rotatable bonds is 6. The van der Waals surface area contributed by atoms with Crippen molar-refractivity contribution in [1.82, 2.24) is 5.43 Å². The number of para-hydroxylation sites is 1. The van der Waals surface area contributed by atoms with Gasteiger partial charge >= 0.3 is 11.9 Å². The third-order valence-electron chi connectivity index (χ3n) is 3.94. The van der Waals surface area contributed by atoms with Crippen molar-refractivity contribution in [3.63, 3.8) is 0 Å². The van der Waals surface area contributed by atoms with E-state index in [1.807, 2.05) is 0 Å². The molecule has 0 aliphatic rings. The summed E-state index contributed by atoms with van der Waals surface area (Å²) in [5, 5.41) is 4.44. The van der Waals surface area contributed by atoms with Gasteiger partial charge in [0.05, 0.1) is 6.21 Å². The van der Waals surface area contributed by atoms with Crippen molar-refractivity contribution in [1.29, 1.82) is 0 Å². The minimum Gasteiger partial charge on any atom is -0.426 e. The molecule has 0 heterocycles. The maximum absolute atomic E-state index is 12.4. The molecule has 0 aromatic heterocycles. The number of benzene rings is 3. The highest BCUT2D eigenvalue weighted by Crippen LogP contribution is 2.21. The highest BCUT2D eigenvalue weighted by atomic mass is 35.5. The molecule has 1 amide bonds. The molecule has 0 spiro atoms. The van der Waals surface area contributed by atoms with Gasteiger partial charge in [-0.05, 0) is 66.2 Å². The number of hydrogen-bond acceptors (Lipinski definition) is 6. The van der Waals surface area contributed by atoms with Crippen molar-refractivity contribution in [3.8, 4) is 11.5 Å². The summed E-state index contributed by atoms with van der Waals surface area (Å²) in [4.78, 5) is 35.6. The van der Waals surface area contributed by atoms with Crippen LogP contribution in [0, 0.1) is 0 Å². The first-order chi connectivity index (χ1) is 14.9. The number of halogens is 1. The van der Waals surface area contributed by atoms with Gasteiger partial charge in [-0.15, -0.1) is 0 Å². The summed E-state index contributed by atoms with van der Waals surface area (Å²) in [6.45, 7) is 1.25. The van der Waals surface area contributed by atoms with Gasteiger partial charge in [-0.25, -0.2) is 10.2 Å². The van der Waals surface area contributed by atoms with Gasteiger partial charge in [0, 0.05) is 17.5 Å². The van der Waals surface area contributed by atoms with Crippen molar-refractivity contribution in [2.75, 3.05) is 0 Å². The van der Waals surface area contributed by atoms with Gasteiger partial charge in [-0.2, -0.15) is 5.10 Å². The van der Waals surface area contributed by atoms with Gasteiger partial charge in [0.15, 0.2) is 0 Å². The molecule has 0 atom stereocenters. The third-order valence-corrected chi connectivity index (χ3v) is 4.19. The fourth-order valence-corrected chi connectivity index (χ4v) is 2.62. The quantitative estimate of drug-likeness (QED) is 0.270. The zero-order valence-corrected chi connectivity index (χ0v) is 17.1. The van der Waals surface area contributed by atoms with Crippen LogP contribution < -0.4 is 14.9 Å². The number of hydrogen-bond donors (Lipinski definition) is 1. The van der Waals surface area contributed by atoms with Crippen molar-refractivity contribution >= 4 is 35.7 Å². The molecule has 0 fully saturated rings. The Bertz CT molecular complexity index is 1130. The van der Waals surface area contributed by atoms with Gasteiger partial charge in [0.1, 0.15) is 17.1 Å². The Morgan fingerprint density at radius 2 is 1.58 bits per heavy atom. The fourth-order valence-electron chi connectivity index (χ4n) is 2.49. The van der Waals surface area contributed by atoms with Crippen molar-refractivity contribution < 1.29 is 23.9 Å². The summed E-state index contributed by atoms with van der Waals surface area (Å²) >= 11 is 5.79. The second kappa shape index (κ2) is 10.2. The number of nitrogens with zero attached hydrogens (tertiary/aromatic N) is 1. The Hall–Kier alpha value is -3.97. The lowest BCUT2D eigenvalue weighted by molar-refractivity contribution is -0.131. The van der Waals surface area contributed by atoms with E-state index in [-0.39, 0.29) is 17.2 Å². The molecule has 3 rings (SSSR count). The lowest BCUT2D eigenvalue weighted by Gasteiger charge is -2.08. The van der Waals surface area contributed by atoms with Crippen molar-refractivity contribution in [3.05, 3.63) is 94.5 Å². The first kappa shape index (κ1) is 21.7. The number of nitrogens with one attached hydrogen (secondary N) is 1. The molecule has 7 nitrogen and oxygen atoms in total. The maximum atomic E-state index is 12.4. The Balaban J connectivity index is 1.59. The van der Waals surface area contributed by atoms with E-state index in [2.05, 4.69) is 10.5 Å². The van der Waals surface area contributed by atoms with Crippen molar-refractivity contribution in [2.45, 2.75) is 6.92 Å². The van der Waals surface area contributed by atoms with E-state index >= 15 is 0 Å². The Kier molecular flexibility index (Phi) is 7.13. The van der Waals surface area contributed by atoms with Gasteiger partial charge in [-0.1, -0.05) is 23.7 Å². The summed E-state index contributed by atoms with van der Waals surface area (Å²) in [6, 6.07) is 19.2. The summed E-state index contributed by atoms with van der Waals surface area (Å²) in [5.74, 6) is -1.14. The van der Waals surface area contributed by atoms with Gasteiger partial charge in [0.2, 0.25) is 0 Å². The molecule has 156 valence electrons. The Labute approximate surface area is 183 Å². The second-order valence-electron chi connectivity index (χ2n) is 6.25. The van der Waals surface area contributed by atoms with Crippen LogP contribution in [0.3, 0.4) is 0 Å². The first-order valence-electron chi connectivity index (χ1n) is 9.11. The lowest BCUT2D eigenvalue weighted by atomic mass is 10.2. The van der Waals surface area contributed by atoms with E-state index in [1.54, 1.807) is 60.7 Å². The van der Waals surface area contributed by atoms with Crippen LogP contribution >= 0.6 is 11.6 Å². The Morgan fingerprint density at radius 3 is 2.26 bits per heavy atom. The molecular weight excluding hydrogens is 420 g/mol. The van der Waals surface area contributed by atoms with Crippen LogP contribution in [0.2, 0.25) is 5.02 Å². The zero-order valence-electron chi connectivity index (χ0n) is 16.4. The van der Waals surface area contributed by atoms with Crippen LogP contribution in [0.25, 0.3) is 0 Å². The molecule has 0 unspecified atom stereocenters. The van der Waals surface area contributed by atoms with Gasteiger partial charge in [-0.3, -0.25) is 9.59 Å². The summed E-state index contributed by atoms with van der Waals surface area (Å²) in [6.07, 6.45) is 1.45. The van der Waals surface area contributed by atoms with E-state index in [4.69, 9.17) is 21.1 Å². The first-order valence-corrected chi connectivity index (χ1v) is 9.49. The second-order valence-corrected chi connectivity index (χ2v) is 6.69. The molecule has 1 N–H and O–H groups in total.